The van der Waals surface area contributed by atoms with Crippen molar-refractivity contribution in [3.8, 4) is 5.75 Å². The summed E-state index contributed by atoms with van der Waals surface area (Å²) in [6.45, 7) is 7.05. The van der Waals surface area contributed by atoms with Gasteiger partial charge >= 0.3 is 0 Å². The Balaban J connectivity index is 2.23. The molecule has 2 heterocycles. The van der Waals surface area contributed by atoms with Crippen molar-refractivity contribution in [2.75, 3.05) is 13.2 Å². The van der Waals surface area contributed by atoms with Crippen LogP contribution in [0.5, 0.6) is 5.75 Å². The molecule has 0 bridgehead atoms. The highest BCUT2D eigenvalue weighted by atomic mass is 16.5. The van der Waals surface area contributed by atoms with Gasteiger partial charge in [0.15, 0.2) is 0 Å². The summed E-state index contributed by atoms with van der Waals surface area (Å²) in [6.07, 6.45) is 0. The molecule has 0 amide bonds. The van der Waals surface area contributed by atoms with E-state index in [-0.39, 0.29) is 0 Å². The van der Waals surface area contributed by atoms with E-state index in [1.54, 1.807) is 0 Å². The van der Waals surface area contributed by atoms with Gasteiger partial charge in [0.1, 0.15) is 5.75 Å². The molecule has 2 aromatic rings. The number of aromatic nitrogens is 1. The van der Waals surface area contributed by atoms with E-state index in [2.05, 4.69) is 42.1 Å². The number of rotatable bonds is 2. The van der Waals surface area contributed by atoms with E-state index < -0.39 is 0 Å². The number of fused-ring (bicyclic) bond motifs is 3. The van der Waals surface area contributed by atoms with E-state index in [4.69, 9.17) is 4.74 Å². The number of nitrogens with zero attached hydrogens (tertiary/aromatic N) is 1. The van der Waals surface area contributed by atoms with Crippen LogP contribution in [0.25, 0.3) is 10.9 Å². The van der Waals surface area contributed by atoms with Gasteiger partial charge in [0.05, 0.1) is 6.61 Å². The van der Waals surface area contributed by atoms with Gasteiger partial charge in [-0.3, -0.25) is 0 Å². The van der Waals surface area contributed by atoms with E-state index in [1.165, 1.54) is 22.2 Å². The molecule has 0 spiro atoms. The van der Waals surface area contributed by atoms with E-state index in [0.717, 1.165) is 25.4 Å². The molecule has 18 heavy (non-hydrogen) atoms. The molecule has 0 saturated carbocycles. The third-order valence-electron chi connectivity index (χ3n) is 3.86. The first-order valence-corrected chi connectivity index (χ1v) is 6.67. The molecule has 1 aliphatic heterocycles. The molecule has 0 radical (unpaired) electrons. The normalized spacial score (nSPS) is 18.9. The molecule has 1 aliphatic rings. The Kier molecular flexibility index (Phi) is 2.78. The number of hydrogen-bond acceptors (Lipinski definition) is 2. The first-order chi connectivity index (χ1) is 8.72. The topological polar surface area (TPSA) is 26.2 Å². The minimum Gasteiger partial charge on any atom is -0.494 e. The predicted octanol–water partition coefficient (Wildman–Crippen LogP) is 2.78. The zero-order valence-electron chi connectivity index (χ0n) is 11.3. The highest BCUT2D eigenvalue weighted by Crippen LogP contribution is 2.34. The lowest BCUT2D eigenvalue weighted by Gasteiger charge is -2.22. The van der Waals surface area contributed by atoms with Gasteiger partial charge in [-0.2, -0.15) is 0 Å². The average Bonchev–Trinajstić information content (AvgIpc) is 2.65. The van der Waals surface area contributed by atoms with Crippen LogP contribution in [-0.2, 0) is 13.6 Å². The third kappa shape index (κ3) is 1.62. The maximum Gasteiger partial charge on any atom is 0.120 e. The van der Waals surface area contributed by atoms with Gasteiger partial charge in [0.2, 0.25) is 0 Å². The van der Waals surface area contributed by atoms with Crippen LogP contribution in [0.2, 0.25) is 0 Å². The second-order valence-corrected chi connectivity index (χ2v) is 5.07. The lowest BCUT2D eigenvalue weighted by molar-refractivity contribution is 0.340. The second-order valence-electron chi connectivity index (χ2n) is 5.07. The van der Waals surface area contributed by atoms with Gasteiger partial charge in [-0.15, -0.1) is 0 Å². The standard InChI is InChI=1S/C15H20N2O/c1-4-18-11-5-6-14-12(7-11)13-9-16-8-10(2)15(13)17(14)3/h5-7,10,16H,4,8-9H2,1-3H3. The van der Waals surface area contributed by atoms with Crippen molar-refractivity contribution in [1.29, 1.82) is 0 Å². The van der Waals surface area contributed by atoms with Gasteiger partial charge in [-0.05, 0) is 30.7 Å². The fourth-order valence-corrected chi connectivity index (χ4v) is 3.10. The fourth-order valence-electron chi connectivity index (χ4n) is 3.10. The maximum absolute atomic E-state index is 5.61. The van der Waals surface area contributed by atoms with Gasteiger partial charge in [0.25, 0.3) is 0 Å². The molecule has 0 aliphatic carbocycles. The molecule has 1 N–H and O–H groups in total. The van der Waals surface area contributed by atoms with Crippen LogP contribution in [0.1, 0.15) is 31.0 Å². The van der Waals surface area contributed by atoms with Crippen molar-refractivity contribution in [2.45, 2.75) is 26.3 Å². The van der Waals surface area contributed by atoms with Crippen LogP contribution in [0.15, 0.2) is 18.2 Å². The Morgan fingerprint density at radius 3 is 3.06 bits per heavy atom. The van der Waals surface area contributed by atoms with Crippen molar-refractivity contribution in [3.63, 3.8) is 0 Å². The Labute approximate surface area is 108 Å². The van der Waals surface area contributed by atoms with Crippen LogP contribution < -0.4 is 10.1 Å². The number of hydrogen-bond donors (Lipinski definition) is 1. The third-order valence-corrected chi connectivity index (χ3v) is 3.86. The van der Waals surface area contributed by atoms with Crippen LogP contribution in [0.3, 0.4) is 0 Å². The molecule has 3 rings (SSSR count). The molecule has 1 aromatic carbocycles. The molecule has 3 nitrogen and oxygen atoms in total. The summed E-state index contributed by atoms with van der Waals surface area (Å²) in [5.74, 6) is 1.54. The minimum absolute atomic E-state index is 0.571. The summed E-state index contributed by atoms with van der Waals surface area (Å²) >= 11 is 0. The molecule has 1 atom stereocenters. The van der Waals surface area contributed by atoms with Crippen molar-refractivity contribution in [1.82, 2.24) is 9.88 Å². The van der Waals surface area contributed by atoms with Crippen molar-refractivity contribution >= 4 is 10.9 Å². The minimum atomic E-state index is 0.571. The van der Waals surface area contributed by atoms with Crippen LogP contribution in [-0.4, -0.2) is 17.7 Å². The van der Waals surface area contributed by atoms with Crippen LogP contribution in [0, 0.1) is 0 Å². The average molecular weight is 244 g/mol. The monoisotopic (exact) mass is 244 g/mol. The van der Waals surface area contributed by atoms with Crippen LogP contribution in [0.4, 0.5) is 0 Å². The molecular weight excluding hydrogens is 224 g/mol. The van der Waals surface area contributed by atoms with Gasteiger partial charge < -0.3 is 14.6 Å². The largest absolute Gasteiger partial charge is 0.494 e. The predicted molar refractivity (Wildman–Crippen MR) is 74.2 cm³/mol. The maximum atomic E-state index is 5.61. The van der Waals surface area contributed by atoms with Gasteiger partial charge in [-0.25, -0.2) is 0 Å². The summed E-state index contributed by atoms with van der Waals surface area (Å²) in [6, 6.07) is 6.41. The highest BCUT2D eigenvalue weighted by molar-refractivity contribution is 5.87. The molecular formula is C15H20N2O. The number of aryl methyl sites for hydroxylation is 1. The highest BCUT2D eigenvalue weighted by Gasteiger charge is 2.23. The summed E-state index contributed by atoms with van der Waals surface area (Å²) < 4.78 is 7.95. The quantitative estimate of drug-likeness (QED) is 0.879. The first-order valence-electron chi connectivity index (χ1n) is 6.67. The molecule has 0 fully saturated rings. The molecule has 1 aromatic heterocycles. The van der Waals surface area contributed by atoms with E-state index in [1.807, 2.05) is 6.92 Å². The van der Waals surface area contributed by atoms with E-state index in [0.29, 0.717) is 5.92 Å². The molecule has 1 unspecified atom stereocenters. The Hall–Kier alpha value is -1.48. The lowest BCUT2D eigenvalue weighted by atomic mass is 9.98. The van der Waals surface area contributed by atoms with Crippen molar-refractivity contribution in [3.05, 3.63) is 29.5 Å². The molecule has 3 heteroatoms. The number of nitrogens with one attached hydrogen (secondary N) is 1. The second kappa shape index (κ2) is 4.32. The fraction of sp³-hybridized carbons (Fsp3) is 0.467. The zero-order valence-corrected chi connectivity index (χ0v) is 11.3. The number of ether oxygens (including phenoxy) is 1. The van der Waals surface area contributed by atoms with E-state index in [9.17, 15) is 0 Å². The Bertz CT molecular complexity index is 586. The SMILES string of the molecule is CCOc1ccc2c(c1)c1c(n2C)C(C)CNC1. The van der Waals surface area contributed by atoms with Gasteiger partial charge in [-0.1, -0.05) is 6.92 Å². The molecule has 96 valence electrons. The zero-order chi connectivity index (χ0) is 12.7. The summed E-state index contributed by atoms with van der Waals surface area (Å²) in [5, 5.41) is 4.82. The summed E-state index contributed by atoms with van der Waals surface area (Å²) in [7, 11) is 2.17. The summed E-state index contributed by atoms with van der Waals surface area (Å²) in [5.41, 5.74) is 4.21. The van der Waals surface area contributed by atoms with Gasteiger partial charge in [0, 0.05) is 42.7 Å². The smallest absolute Gasteiger partial charge is 0.120 e. The van der Waals surface area contributed by atoms with Crippen LogP contribution >= 0.6 is 0 Å². The Morgan fingerprint density at radius 2 is 2.28 bits per heavy atom. The molecule has 0 saturated heterocycles. The summed E-state index contributed by atoms with van der Waals surface area (Å²) in [4.78, 5) is 0. The lowest BCUT2D eigenvalue weighted by Crippen LogP contribution is -2.27. The first kappa shape index (κ1) is 11.6. The van der Waals surface area contributed by atoms with E-state index >= 15 is 0 Å². The van der Waals surface area contributed by atoms with Crippen molar-refractivity contribution in [2.24, 2.45) is 7.05 Å². The van der Waals surface area contributed by atoms with Crippen molar-refractivity contribution < 1.29 is 4.74 Å². The number of benzene rings is 1. The Morgan fingerprint density at radius 1 is 1.44 bits per heavy atom.